The summed E-state index contributed by atoms with van der Waals surface area (Å²) >= 11 is 0. The Morgan fingerprint density at radius 1 is 1.25 bits per heavy atom. The molecule has 0 saturated heterocycles. The molecule has 0 N–H and O–H groups in total. The topological polar surface area (TPSA) is 0 Å². The summed E-state index contributed by atoms with van der Waals surface area (Å²) in [7, 11) is 0. The highest BCUT2D eigenvalue weighted by atomic mass is 13.9. The van der Waals surface area contributed by atoms with E-state index in [1.54, 1.807) is 12.2 Å². The van der Waals surface area contributed by atoms with Crippen molar-refractivity contribution in [1.82, 2.24) is 0 Å². The standard InChI is InChI=1S/C12H11/c1-2-3-4-6-9-12-10-7-5-8-11-12/h2-3,5,7-8,10-11H,1,9H2. The molecule has 0 atom stereocenters. The summed E-state index contributed by atoms with van der Waals surface area (Å²) in [5.74, 6) is 5.92. The minimum atomic E-state index is 0.811. The van der Waals surface area contributed by atoms with E-state index in [9.17, 15) is 0 Å². The predicted octanol–water partition coefficient (Wildman–Crippen LogP) is 2.62. The van der Waals surface area contributed by atoms with Crippen LogP contribution in [0.3, 0.4) is 0 Å². The molecule has 0 bridgehead atoms. The number of benzene rings is 1. The molecule has 0 aliphatic carbocycles. The first-order chi connectivity index (χ1) is 5.93. The summed E-state index contributed by atoms with van der Waals surface area (Å²) in [6.07, 6.45) is 4.26. The zero-order valence-corrected chi connectivity index (χ0v) is 6.96. The van der Waals surface area contributed by atoms with Crippen LogP contribution in [0.1, 0.15) is 5.56 Å². The van der Waals surface area contributed by atoms with E-state index in [1.165, 1.54) is 5.56 Å². The van der Waals surface area contributed by atoms with Crippen LogP contribution in [0.25, 0.3) is 0 Å². The van der Waals surface area contributed by atoms with Crippen LogP contribution >= 0.6 is 0 Å². The quantitative estimate of drug-likeness (QED) is 0.547. The first kappa shape index (κ1) is 8.62. The van der Waals surface area contributed by atoms with Gasteiger partial charge >= 0.3 is 0 Å². The molecule has 0 aliphatic rings. The smallest absolute Gasteiger partial charge is 0.0343 e. The molecule has 0 saturated carbocycles. The van der Waals surface area contributed by atoms with Crippen molar-refractivity contribution in [3.05, 3.63) is 55.0 Å². The minimum Gasteiger partial charge on any atom is -0.0937 e. The SMILES string of the molecule is [CH2]C=CC#CCc1ccccc1. The van der Waals surface area contributed by atoms with Crippen molar-refractivity contribution in [2.45, 2.75) is 6.42 Å². The van der Waals surface area contributed by atoms with Gasteiger partial charge < -0.3 is 0 Å². The summed E-state index contributed by atoms with van der Waals surface area (Å²) < 4.78 is 0. The molecule has 12 heavy (non-hydrogen) atoms. The average Bonchev–Trinajstić information content (AvgIpc) is 2.14. The van der Waals surface area contributed by atoms with Gasteiger partial charge in [0.25, 0.3) is 0 Å². The normalized spacial score (nSPS) is 9.42. The molecule has 0 nitrogen and oxygen atoms in total. The van der Waals surface area contributed by atoms with E-state index < -0.39 is 0 Å². The Morgan fingerprint density at radius 2 is 2.00 bits per heavy atom. The van der Waals surface area contributed by atoms with Crippen molar-refractivity contribution in [2.75, 3.05) is 0 Å². The lowest BCUT2D eigenvalue weighted by Gasteiger charge is -1.90. The average molecular weight is 155 g/mol. The molecule has 1 radical (unpaired) electrons. The van der Waals surface area contributed by atoms with Crippen molar-refractivity contribution >= 4 is 0 Å². The maximum Gasteiger partial charge on any atom is 0.0343 e. The Balaban J connectivity index is 2.50. The van der Waals surface area contributed by atoms with Crippen LogP contribution < -0.4 is 0 Å². The molecule has 1 rings (SSSR count). The van der Waals surface area contributed by atoms with Crippen LogP contribution in [0.5, 0.6) is 0 Å². The van der Waals surface area contributed by atoms with Gasteiger partial charge in [0, 0.05) is 6.42 Å². The van der Waals surface area contributed by atoms with Gasteiger partial charge in [0.15, 0.2) is 0 Å². The second kappa shape index (κ2) is 5.21. The van der Waals surface area contributed by atoms with Crippen molar-refractivity contribution in [2.24, 2.45) is 0 Å². The van der Waals surface area contributed by atoms with E-state index in [1.807, 2.05) is 18.2 Å². The fourth-order valence-corrected chi connectivity index (χ4v) is 0.867. The highest BCUT2D eigenvalue weighted by Gasteiger charge is 1.83. The van der Waals surface area contributed by atoms with Crippen LogP contribution in [0.2, 0.25) is 0 Å². The molecule has 1 aromatic carbocycles. The summed E-state index contributed by atoms with van der Waals surface area (Å²) in [5.41, 5.74) is 1.25. The molecule has 0 heteroatoms. The first-order valence-electron chi connectivity index (χ1n) is 3.90. The Bertz CT molecular complexity index is 296. The highest BCUT2D eigenvalue weighted by molar-refractivity contribution is 5.24. The van der Waals surface area contributed by atoms with Crippen LogP contribution in [0.4, 0.5) is 0 Å². The lowest BCUT2D eigenvalue weighted by atomic mass is 10.2. The van der Waals surface area contributed by atoms with Crippen molar-refractivity contribution in [3.63, 3.8) is 0 Å². The third-order valence-corrected chi connectivity index (χ3v) is 1.44. The summed E-state index contributed by atoms with van der Waals surface area (Å²) in [5, 5.41) is 0. The fraction of sp³-hybridized carbons (Fsp3) is 0.0833. The van der Waals surface area contributed by atoms with Crippen molar-refractivity contribution in [3.8, 4) is 11.8 Å². The van der Waals surface area contributed by atoms with Gasteiger partial charge in [0.05, 0.1) is 0 Å². The monoisotopic (exact) mass is 155 g/mol. The van der Waals surface area contributed by atoms with Gasteiger partial charge in [-0.1, -0.05) is 48.2 Å². The number of hydrogen-bond acceptors (Lipinski definition) is 0. The predicted molar refractivity (Wildman–Crippen MR) is 52.4 cm³/mol. The minimum absolute atomic E-state index is 0.811. The Hall–Kier alpha value is -1.48. The zero-order valence-electron chi connectivity index (χ0n) is 6.96. The maximum absolute atomic E-state index is 3.55. The third-order valence-electron chi connectivity index (χ3n) is 1.44. The van der Waals surface area contributed by atoms with Gasteiger partial charge in [0.1, 0.15) is 0 Å². The van der Waals surface area contributed by atoms with E-state index in [0.29, 0.717) is 0 Å². The molecule has 0 aromatic heterocycles. The van der Waals surface area contributed by atoms with Crippen LogP contribution in [0.15, 0.2) is 42.5 Å². The summed E-state index contributed by atoms with van der Waals surface area (Å²) in [6.45, 7) is 3.55. The van der Waals surface area contributed by atoms with Crippen molar-refractivity contribution < 1.29 is 0 Å². The lowest BCUT2D eigenvalue weighted by molar-refractivity contribution is 1.32. The highest BCUT2D eigenvalue weighted by Crippen LogP contribution is 1.97. The second-order valence-corrected chi connectivity index (χ2v) is 2.39. The maximum atomic E-state index is 3.55. The number of allylic oxidation sites excluding steroid dienone is 2. The van der Waals surface area contributed by atoms with Gasteiger partial charge in [-0.05, 0) is 18.6 Å². The molecular formula is C12H11. The van der Waals surface area contributed by atoms with Gasteiger partial charge in [-0.2, -0.15) is 0 Å². The molecule has 1 aromatic rings. The molecule has 59 valence electrons. The Kier molecular flexibility index (Phi) is 3.74. The molecule has 0 unspecified atom stereocenters. The van der Waals surface area contributed by atoms with Gasteiger partial charge in [-0.15, -0.1) is 0 Å². The Labute approximate surface area is 73.9 Å². The lowest BCUT2D eigenvalue weighted by Crippen LogP contribution is -1.77. The molecule has 0 aliphatic heterocycles. The summed E-state index contributed by atoms with van der Waals surface area (Å²) in [6, 6.07) is 10.2. The van der Waals surface area contributed by atoms with Crippen LogP contribution in [-0.2, 0) is 6.42 Å². The van der Waals surface area contributed by atoms with Gasteiger partial charge in [0.2, 0.25) is 0 Å². The molecule has 0 heterocycles. The van der Waals surface area contributed by atoms with Crippen molar-refractivity contribution in [1.29, 1.82) is 0 Å². The van der Waals surface area contributed by atoms with Crippen LogP contribution in [-0.4, -0.2) is 0 Å². The largest absolute Gasteiger partial charge is 0.0937 e. The van der Waals surface area contributed by atoms with Gasteiger partial charge in [-0.3, -0.25) is 0 Å². The van der Waals surface area contributed by atoms with Gasteiger partial charge in [-0.25, -0.2) is 0 Å². The number of rotatable bonds is 1. The molecular weight excluding hydrogens is 144 g/mol. The zero-order chi connectivity index (χ0) is 8.65. The molecule has 0 fully saturated rings. The van der Waals surface area contributed by atoms with E-state index in [0.717, 1.165) is 6.42 Å². The summed E-state index contributed by atoms with van der Waals surface area (Å²) in [4.78, 5) is 0. The van der Waals surface area contributed by atoms with E-state index in [2.05, 4.69) is 30.9 Å². The van der Waals surface area contributed by atoms with Crippen LogP contribution in [0, 0.1) is 18.8 Å². The third kappa shape index (κ3) is 3.07. The van der Waals surface area contributed by atoms with E-state index in [-0.39, 0.29) is 0 Å². The number of hydrogen-bond donors (Lipinski definition) is 0. The fourth-order valence-electron chi connectivity index (χ4n) is 0.867. The van der Waals surface area contributed by atoms with E-state index >= 15 is 0 Å². The first-order valence-corrected chi connectivity index (χ1v) is 3.90. The second-order valence-electron chi connectivity index (χ2n) is 2.39. The molecule has 0 spiro atoms. The Morgan fingerprint density at radius 3 is 2.67 bits per heavy atom. The van der Waals surface area contributed by atoms with E-state index in [4.69, 9.17) is 0 Å². The molecule has 0 amide bonds.